The first kappa shape index (κ1) is 22.2. The second-order valence-corrected chi connectivity index (χ2v) is 7.22. The van der Waals surface area contributed by atoms with Crippen LogP contribution in [0.1, 0.15) is 45.5 Å². The summed E-state index contributed by atoms with van der Waals surface area (Å²) in [7, 11) is 0. The van der Waals surface area contributed by atoms with Gasteiger partial charge in [-0.25, -0.2) is 15.0 Å². The first-order valence-corrected chi connectivity index (χ1v) is 9.55. The molecule has 0 radical (unpaired) electrons. The van der Waals surface area contributed by atoms with Crippen LogP contribution in [0.15, 0.2) is 35.1 Å². The average molecular weight is 496 g/mol. The van der Waals surface area contributed by atoms with E-state index in [1.165, 1.54) is 28.9 Å². The van der Waals surface area contributed by atoms with E-state index in [0.717, 1.165) is 6.33 Å². The fourth-order valence-electron chi connectivity index (χ4n) is 2.69. The molecule has 0 aliphatic carbocycles. The third-order valence-corrected chi connectivity index (χ3v) is 4.41. The van der Waals surface area contributed by atoms with Gasteiger partial charge in [0.25, 0.3) is 11.8 Å². The van der Waals surface area contributed by atoms with E-state index in [1.54, 1.807) is 13.8 Å². The second kappa shape index (κ2) is 9.12. The van der Waals surface area contributed by atoms with Gasteiger partial charge in [0.15, 0.2) is 11.6 Å². The lowest BCUT2D eigenvalue weighted by Crippen LogP contribution is -2.29. The van der Waals surface area contributed by atoms with E-state index in [4.69, 9.17) is 5.73 Å². The normalized spacial score (nSPS) is 11.9. The first-order valence-electron chi connectivity index (χ1n) is 8.76. The Hall–Kier alpha value is -3.48. The van der Waals surface area contributed by atoms with E-state index >= 15 is 0 Å². The van der Waals surface area contributed by atoms with Crippen LogP contribution in [0, 0.1) is 6.92 Å². The van der Waals surface area contributed by atoms with Crippen LogP contribution in [0.3, 0.4) is 0 Å². The lowest BCUT2D eigenvalue weighted by Gasteiger charge is -2.15. The fraction of sp³-hybridized carbons (Fsp3) is 0.222. The standard InChI is InChI=1S/C18H16BrF2N7O3/c1-8(25-17(30)10-3-11(19)5-12(4-10)31-18(20)21)16-26-9(2)27-28(16)14-6-13(15(22)29)23-7-24-14/h3-8,18H,1-2H3,(H2,22,29)(H,25,30)/t8-/m0/s1. The van der Waals surface area contributed by atoms with E-state index in [1.807, 2.05) is 0 Å². The second-order valence-electron chi connectivity index (χ2n) is 6.30. The zero-order chi connectivity index (χ0) is 22.7. The van der Waals surface area contributed by atoms with Crippen LogP contribution < -0.4 is 15.8 Å². The van der Waals surface area contributed by atoms with Crippen LogP contribution in [0.25, 0.3) is 5.82 Å². The largest absolute Gasteiger partial charge is 0.435 e. The van der Waals surface area contributed by atoms with Gasteiger partial charge >= 0.3 is 6.61 Å². The van der Waals surface area contributed by atoms with E-state index in [9.17, 15) is 18.4 Å². The molecular formula is C18H16BrF2N7O3. The van der Waals surface area contributed by atoms with Gasteiger partial charge in [-0.2, -0.15) is 13.5 Å². The number of rotatable bonds is 7. The molecule has 13 heteroatoms. The molecule has 1 atom stereocenters. The topological polar surface area (TPSA) is 138 Å². The zero-order valence-corrected chi connectivity index (χ0v) is 17.8. The highest BCUT2D eigenvalue weighted by Gasteiger charge is 2.21. The molecule has 3 N–H and O–H groups in total. The number of primary amides is 1. The van der Waals surface area contributed by atoms with Crippen LogP contribution in [-0.4, -0.2) is 43.2 Å². The molecule has 0 fully saturated rings. The van der Waals surface area contributed by atoms with Crippen molar-refractivity contribution in [2.75, 3.05) is 0 Å². The summed E-state index contributed by atoms with van der Waals surface area (Å²) in [5.74, 6) is -0.512. The quantitative estimate of drug-likeness (QED) is 0.512. The Morgan fingerprint density at radius 1 is 1.23 bits per heavy atom. The maximum Gasteiger partial charge on any atom is 0.387 e. The lowest BCUT2D eigenvalue weighted by atomic mass is 10.2. The highest BCUT2D eigenvalue weighted by molar-refractivity contribution is 9.10. The SMILES string of the molecule is Cc1nc([C@H](C)NC(=O)c2cc(Br)cc(OC(F)F)c2)n(-c2cc(C(N)=O)ncn2)n1. The molecule has 0 aliphatic heterocycles. The molecule has 2 aromatic heterocycles. The maximum absolute atomic E-state index is 12.7. The summed E-state index contributed by atoms with van der Waals surface area (Å²) in [4.78, 5) is 36.3. The summed E-state index contributed by atoms with van der Waals surface area (Å²) in [6.07, 6.45) is 1.16. The Kier molecular flexibility index (Phi) is 6.53. The molecule has 162 valence electrons. The molecule has 3 rings (SSSR count). The van der Waals surface area contributed by atoms with Crippen LogP contribution >= 0.6 is 15.9 Å². The number of alkyl halides is 2. The molecule has 2 heterocycles. The van der Waals surface area contributed by atoms with E-state index in [0.29, 0.717) is 16.1 Å². The summed E-state index contributed by atoms with van der Waals surface area (Å²) < 4.78 is 31.1. The fourth-order valence-corrected chi connectivity index (χ4v) is 3.16. The van der Waals surface area contributed by atoms with Crippen LogP contribution in [0.2, 0.25) is 0 Å². The number of halogens is 3. The van der Waals surface area contributed by atoms with Crippen molar-refractivity contribution < 1.29 is 23.1 Å². The van der Waals surface area contributed by atoms with Gasteiger partial charge in [0.1, 0.15) is 23.6 Å². The van der Waals surface area contributed by atoms with Gasteiger partial charge < -0.3 is 15.8 Å². The summed E-state index contributed by atoms with van der Waals surface area (Å²) in [6, 6.07) is 4.65. The first-order chi connectivity index (χ1) is 14.6. The number of carbonyl (C=O) groups excluding carboxylic acids is 2. The zero-order valence-electron chi connectivity index (χ0n) is 16.2. The number of hydrogen-bond acceptors (Lipinski definition) is 7. The molecule has 31 heavy (non-hydrogen) atoms. The average Bonchev–Trinajstić information content (AvgIpc) is 3.09. The van der Waals surface area contributed by atoms with E-state index < -0.39 is 24.5 Å². The molecule has 10 nitrogen and oxygen atoms in total. The third-order valence-electron chi connectivity index (χ3n) is 3.95. The summed E-state index contributed by atoms with van der Waals surface area (Å²) in [5.41, 5.74) is 5.34. The number of carbonyl (C=O) groups is 2. The van der Waals surface area contributed by atoms with Gasteiger partial charge in [-0.05, 0) is 32.0 Å². The molecule has 0 spiro atoms. The number of amides is 2. The van der Waals surface area contributed by atoms with Crippen molar-refractivity contribution in [2.24, 2.45) is 5.73 Å². The summed E-state index contributed by atoms with van der Waals surface area (Å²) >= 11 is 3.16. The van der Waals surface area contributed by atoms with Gasteiger partial charge in [0.05, 0.1) is 6.04 Å². The Bertz CT molecular complexity index is 1140. The van der Waals surface area contributed by atoms with Gasteiger partial charge in [-0.15, -0.1) is 5.10 Å². The van der Waals surface area contributed by atoms with Gasteiger partial charge in [0.2, 0.25) is 0 Å². The maximum atomic E-state index is 12.7. The van der Waals surface area contributed by atoms with E-state index in [-0.39, 0.29) is 22.8 Å². The smallest absolute Gasteiger partial charge is 0.387 e. The molecule has 0 saturated heterocycles. The Labute approximate surface area is 183 Å². The van der Waals surface area contributed by atoms with Crippen LogP contribution in [0.4, 0.5) is 8.78 Å². The predicted octanol–water partition coefficient (Wildman–Crippen LogP) is 2.32. The number of nitrogens with zero attached hydrogens (tertiary/aromatic N) is 5. The predicted molar refractivity (Wildman–Crippen MR) is 107 cm³/mol. The highest BCUT2D eigenvalue weighted by Crippen LogP contribution is 2.24. The lowest BCUT2D eigenvalue weighted by molar-refractivity contribution is -0.0499. The Balaban J connectivity index is 1.87. The van der Waals surface area contributed by atoms with Crippen molar-refractivity contribution in [3.63, 3.8) is 0 Å². The molecule has 0 bridgehead atoms. The van der Waals surface area contributed by atoms with Crippen molar-refractivity contribution in [1.29, 1.82) is 0 Å². The Morgan fingerprint density at radius 2 is 1.97 bits per heavy atom. The van der Waals surface area contributed by atoms with Crippen molar-refractivity contribution in [1.82, 2.24) is 30.0 Å². The van der Waals surface area contributed by atoms with Gasteiger partial charge in [0, 0.05) is 16.1 Å². The number of aromatic nitrogens is 5. The van der Waals surface area contributed by atoms with Crippen molar-refractivity contribution in [3.8, 4) is 11.6 Å². The van der Waals surface area contributed by atoms with Crippen molar-refractivity contribution >= 4 is 27.7 Å². The third kappa shape index (κ3) is 5.36. The number of hydrogen-bond donors (Lipinski definition) is 2. The molecule has 2 amide bonds. The number of nitrogens with two attached hydrogens (primary N) is 1. The molecule has 0 saturated carbocycles. The highest BCUT2D eigenvalue weighted by atomic mass is 79.9. The van der Waals surface area contributed by atoms with Crippen LogP contribution in [-0.2, 0) is 0 Å². The van der Waals surface area contributed by atoms with Crippen molar-refractivity contribution in [3.05, 3.63) is 58.0 Å². The molecule has 0 unspecified atom stereocenters. The molecule has 3 aromatic rings. The number of nitrogens with one attached hydrogen (secondary N) is 1. The van der Waals surface area contributed by atoms with Gasteiger partial charge in [-0.1, -0.05) is 15.9 Å². The molecule has 1 aromatic carbocycles. The van der Waals surface area contributed by atoms with E-state index in [2.05, 4.69) is 46.0 Å². The molecule has 0 aliphatic rings. The Morgan fingerprint density at radius 3 is 2.65 bits per heavy atom. The number of aryl methyl sites for hydroxylation is 1. The minimum Gasteiger partial charge on any atom is -0.435 e. The van der Waals surface area contributed by atoms with Gasteiger partial charge in [-0.3, -0.25) is 9.59 Å². The monoisotopic (exact) mass is 495 g/mol. The van der Waals surface area contributed by atoms with Crippen molar-refractivity contribution in [2.45, 2.75) is 26.5 Å². The van der Waals surface area contributed by atoms with Crippen LogP contribution in [0.5, 0.6) is 5.75 Å². The minimum atomic E-state index is -3.02. The number of benzene rings is 1. The summed E-state index contributed by atoms with van der Waals surface area (Å²) in [6.45, 7) is 0.277. The number of ether oxygens (including phenoxy) is 1. The summed E-state index contributed by atoms with van der Waals surface area (Å²) in [5, 5.41) is 6.96. The minimum absolute atomic E-state index is 0.0125. The molecular weight excluding hydrogens is 480 g/mol.